The Kier molecular flexibility index (Phi) is 9.99. The second-order valence-corrected chi connectivity index (χ2v) is 7.47. The molecular weight excluding hydrogens is 374 g/mol. The van der Waals surface area contributed by atoms with Crippen LogP contribution in [0.5, 0.6) is 11.5 Å². The van der Waals surface area contributed by atoms with E-state index in [1.165, 1.54) is 0 Å². The Hall–Kier alpha value is -2.75. The number of anilines is 1. The fraction of sp³-hybridized carbons (Fsp3) is 0.423. The van der Waals surface area contributed by atoms with Gasteiger partial charge in [-0.15, -0.1) is 0 Å². The molecule has 0 aliphatic carbocycles. The molecule has 0 saturated heterocycles. The average molecular weight is 410 g/mol. The second-order valence-electron chi connectivity index (χ2n) is 7.47. The molecule has 30 heavy (non-hydrogen) atoms. The van der Waals surface area contributed by atoms with Crippen molar-refractivity contribution in [2.45, 2.75) is 59.3 Å². The van der Waals surface area contributed by atoms with Crippen LogP contribution >= 0.6 is 0 Å². The molecule has 0 aromatic heterocycles. The third-order valence-electron chi connectivity index (χ3n) is 4.83. The predicted molar refractivity (Wildman–Crippen MR) is 125 cm³/mol. The van der Waals surface area contributed by atoms with Crippen LogP contribution in [0.25, 0.3) is 6.08 Å². The van der Waals surface area contributed by atoms with Gasteiger partial charge >= 0.3 is 0 Å². The summed E-state index contributed by atoms with van der Waals surface area (Å²) in [7, 11) is 0. The first-order chi connectivity index (χ1) is 14.6. The largest absolute Gasteiger partial charge is 0.493 e. The minimum Gasteiger partial charge on any atom is -0.493 e. The Morgan fingerprint density at radius 3 is 2.13 bits per heavy atom. The first-order valence-corrected chi connectivity index (χ1v) is 11.1. The third-order valence-corrected chi connectivity index (χ3v) is 4.83. The number of unbranched alkanes of at least 4 members (excludes halogenated alkanes) is 2. The van der Waals surface area contributed by atoms with E-state index < -0.39 is 0 Å². The zero-order valence-corrected chi connectivity index (χ0v) is 18.6. The van der Waals surface area contributed by atoms with Crippen molar-refractivity contribution >= 4 is 17.5 Å². The molecule has 0 spiro atoms. The Morgan fingerprint density at radius 1 is 0.900 bits per heavy atom. The molecule has 0 radical (unpaired) electrons. The number of ketones is 1. The molecule has 4 nitrogen and oxygen atoms in total. The van der Waals surface area contributed by atoms with Crippen molar-refractivity contribution in [1.82, 2.24) is 0 Å². The predicted octanol–water partition coefficient (Wildman–Crippen LogP) is 6.48. The molecule has 0 amide bonds. The van der Waals surface area contributed by atoms with Crippen LogP contribution in [0.3, 0.4) is 0 Å². The van der Waals surface area contributed by atoms with Crippen LogP contribution in [0.15, 0.2) is 42.5 Å². The Labute approximate surface area is 181 Å². The number of rotatable bonds is 13. The van der Waals surface area contributed by atoms with Crippen LogP contribution in [-0.2, 0) is 6.42 Å². The van der Waals surface area contributed by atoms with E-state index in [0.29, 0.717) is 24.5 Å². The van der Waals surface area contributed by atoms with Crippen LogP contribution in [0, 0.1) is 0 Å². The van der Waals surface area contributed by atoms with Gasteiger partial charge in [-0.25, -0.2) is 0 Å². The van der Waals surface area contributed by atoms with Crippen LogP contribution < -0.4 is 15.2 Å². The summed E-state index contributed by atoms with van der Waals surface area (Å²) in [6, 6.07) is 11.1. The molecule has 0 saturated carbocycles. The molecule has 2 aromatic carbocycles. The fourth-order valence-corrected chi connectivity index (χ4v) is 3.04. The van der Waals surface area contributed by atoms with Gasteiger partial charge in [-0.2, -0.15) is 0 Å². The highest BCUT2D eigenvalue weighted by Gasteiger charge is 2.12. The van der Waals surface area contributed by atoms with Crippen LogP contribution in [0.2, 0.25) is 0 Å². The Balaban J connectivity index is 2.31. The minimum atomic E-state index is -0.0603. The highest BCUT2D eigenvalue weighted by atomic mass is 16.5. The molecular formula is C26H35NO3. The molecule has 0 aliphatic rings. The van der Waals surface area contributed by atoms with Crippen molar-refractivity contribution in [2.75, 3.05) is 18.9 Å². The number of aryl methyl sites for hydroxylation is 1. The summed E-state index contributed by atoms with van der Waals surface area (Å²) in [4.78, 5) is 12.6. The SMILES string of the molecule is CCCCOc1cc(OCCCC)c(CCC)cc1C=CC(=O)c1ccc(N)cc1. The molecule has 0 fully saturated rings. The summed E-state index contributed by atoms with van der Waals surface area (Å²) in [6.45, 7) is 7.79. The number of carbonyl (C=O) groups excluding carboxylic acids is 1. The summed E-state index contributed by atoms with van der Waals surface area (Å²) >= 11 is 0. The van der Waals surface area contributed by atoms with Gasteiger partial charge in [0.1, 0.15) is 11.5 Å². The van der Waals surface area contributed by atoms with E-state index in [4.69, 9.17) is 15.2 Å². The van der Waals surface area contributed by atoms with Crippen molar-refractivity contribution in [2.24, 2.45) is 0 Å². The summed E-state index contributed by atoms with van der Waals surface area (Å²) in [5.41, 5.74) is 9.02. The van der Waals surface area contributed by atoms with E-state index >= 15 is 0 Å². The van der Waals surface area contributed by atoms with E-state index in [0.717, 1.165) is 61.2 Å². The van der Waals surface area contributed by atoms with Gasteiger partial charge in [0.2, 0.25) is 0 Å². The van der Waals surface area contributed by atoms with Gasteiger partial charge in [-0.3, -0.25) is 4.79 Å². The van der Waals surface area contributed by atoms with Gasteiger partial charge in [0.05, 0.1) is 13.2 Å². The molecule has 0 aliphatic heterocycles. The van der Waals surface area contributed by atoms with Crippen molar-refractivity contribution in [3.63, 3.8) is 0 Å². The van der Waals surface area contributed by atoms with Gasteiger partial charge in [0.25, 0.3) is 0 Å². The number of nitrogen functional groups attached to an aromatic ring is 1. The van der Waals surface area contributed by atoms with E-state index in [2.05, 4.69) is 26.8 Å². The molecule has 4 heteroatoms. The van der Waals surface area contributed by atoms with E-state index in [1.807, 2.05) is 12.1 Å². The molecule has 2 N–H and O–H groups in total. The van der Waals surface area contributed by atoms with Gasteiger partial charge < -0.3 is 15.2 Å². The fourth-order valence-electron chi connectivity index (χ4n) is 3.04. The normalized spacial score (nSPS) is 11.0. The minimum absolute atomic E-state index is 0.0603. The molecule has 0 unspecified atom stereocenters. The van der Waals surface area contributed by atoms with Crippen molar-refractivity contribution in [3.05, 3.63) is 59.2 Å². The maximum atomic E-state index is 12.6. The lowest BCUT2D eigenvalue weighted by molar-refractivity contribution is 0.104. The van der Waals surface area contributed by atoms with Gasteiger partial charge in [-0.05, 0) is 67.3 Å². The number of carbonyl (C=O) groups is 1. The molecule has 162 valence electrons. The van der Waals surface area contributed by atoms with Crippen molar-refractivity contribution < 1.29 is 14.3 Å². The van der Waals surface area contributed by atoms with Crippen LogP contribution in [0.1, 0.15) is 74.4 Å². The standard InChI is InChI=1S/C26H35NO3/c1-4-7-16-29-25-19-26(30-17-8-5-2)22(18-21(25)9-6-3)12-15-24(28)20-10-13-23(27)14-11-20/h10-15,18-19H,4-9,16-17,27H2,1-3H3. The van der Waals surface area contributed by atoms with E-state index in [-0.39, 0.29) is 5.78 Å². The van der Waals surface area contributed by atoms with Gasteiger partial charge in [0, 0.05) is 22.9 Å². The van der Waals surface area contributed by atoms with Crippen molar-refractivity contribution in [1.29, 1.82) is 0 Å². The first kappa shape index (κ1) is 23.5. The highest BCUT2D eigenvalue weighted by Crippen LogP contribution is 2.32. The summed E-state index contributed by atoms with van der Waals surface area (Å²) in [6.07, 6.45) is 9.55. The number of nitrogens with two attached hydrogens (primary N) is 1. The monoisotopic (exact) mass is 409 g/mol. The highest BCUT2D eigenvalue weighted by molar-refractivity contribution is 6.07. The lowest BCUT2D eigenvalue weighted by Gasteiger charge is -2.16. The molecule has 2 rings (SSSR count). The number of hydrogen-bond acceptors (Lipinski definition) is 4. The summed E-state index contributed by atoms with van der Waals surface area (Å²) in [5, 5.41) is 0. The molecule has 0 atom stereocenters. The third kappa shape index (κ3) is 7.25. The van der Waals surface area contributed by atoms with E-state index in [1.54, 1.807) is 30.3 Å². The summed E-state index contributed by atoms with van der Waals surface area (Å²) < 4.78 is 12.1. The topological polar surface area (TPSA) is 61.5 Å². The summed E-state index contributed by atoms with van der Waals surface area (Å²) in [5.74, 6) is 1.59. The number of hydrogen-bond donors (Lipinski definition) is 1. The van der Waals surface area contributed by atoms with Crippen LogP contribution in [-0.4, -0.2) is 19.0 Å². The first-order valence-electron chi connectivity index (χ1n) is 11.1. The zero-order chi connectivity index (χ0) is 21.8. The number of benzene rings is 2. The quantitative estimate of drug-likeness (QED) is 0.178. The molecule has 0 bridgehead atoms. The lowest BCUT2D eigenvalue weighted by atomic mass is 10.0. The Morgan fingerprint density at radius 2 is 1.53 bits per heavy atom. The lowest BCUT2D eigenvalue weighted by Crippen LogP contribution is -2.04. The zero-order valence-electron chi connectivity index (χ0n) is 18.6. The van der Waals surface area contributed by atoms with E-state index in [9.17, 15) is 4.79 Å². The average Bonchev–Trinajstić information content (AvgIpc) is 2.75. The molecule has 2 aromatic rings. The molecule has 0 heterocycles. The maximum absolute atomic E-state index is 12.6. The number of ether oxygens (including phenoxy) is 2. The van der Waals surface area contributed by atoms with Crippen LogP contribution in [0.4, 0.5) is 5.69 Å². The number of allylic oxidation sites excluding steroid dienone is 1. The smallest absolute Gasteiger partial charge is 0.185 e. The van der Waals surface area contributed by atoms with Gasteiger partial charge in [-0.1, -0.05) is 40.0 Å². The van der Waals surface area contributed by atoms with Gasteiger partial charge in [0.15, 0.2) is 5.78 Å². The maximum Gasteiger partial charge on any atom is 0.185 e. The second kappa shape index (κ2) is 12.7. The Bertz CT molecular complexity index is 825. The van der Waals surface area contributed by atoms with Crippen molar-refractivity contribution in [3.8, 4) is 11.5 Å².